The average Bonchev–Trinajstić information content (AvgIpc) is 3.30. The first-order valence-electron chi connectivity index (χ1n) is 10.8. The number of aromatic nitrogens is 3. The van der Waals surface area contributed by atoms with Gasteiger partial charge < -0.3 is 10.4 Å². The van der Waals surface area contributed by atoms with Crippen LogP contribution in [0.1, 0.15) is 28.6 Å². The van der Waals surface area contributed by atoms with Crippen molar-refractivity contribution in [3.05, 3.63) is 120 Å². The minimum atomic E-state index is -1.09. The van der Waals surface area contributed by atoms with Crippen LogP contribution >= 0.6 is 11.8 Å². The van der Waals surface area contributed by atoms with E-state index < -0.39 is 16.8 Å². The Morgan fingerprint density at radius 3 is 1.79 bits per heavy atom. The molecule has 33 heavy (non-hydrogen) atoms. The molecule has 0 bridgehead atoms. The van der Waals surface area contributed by atoms with Gasteiger partial charge in [-0.2, -0.15) is 5.10 Å². The number of rotatable bonds is 7. The first-order chi connectivity index (χ1) is 16.1. The number of carbonyl (C=O) groups excluding carboxylic acids is 1. The van der Waals surface area contributed by atoms with Crippen molar-refractivity contribution in [3.8, 4) is 0 Å². The van der Waals surface area contributed by atoms with Crippen LogP contribution in [0.3, 0.4) is 0 Å². The second-order valence-corrected chi connectivity index (χ2v) is 9.43. The molecule has 0 aliphatic carbocycles. The van der Waals surface area contributed by atoms with E-state index in [0.29, 0.717) is 0 Å². The van der Waals surface area contributed by atoms with Crippen molar-refractivity contribution in [1.29, 1.82) is 0 Å². The standard InChI is InChI=1S/C26H24N4O2S/c1-30-17-27-23(29-30)22(31)21-24(32)28-25(21)33-26(18-11-5-2-6-12-18,19-13-7-3-8-14-19)20-15-9-4-10-16-20/h2-17,21-22,25,31H,1H3,(H,28,32). The van der Waals surface area contributed by atoms with Gasteiger partial charge in [0.05, 0.1) is 10.1 Å². The molecule has 1 aliphatic rings. The van der Waals surface area contributed by atoms with Crippen LogP contribution in [0.2, 0.25) is 0 Å². The van der Waals surface area contributed by atoms with Crippen molar-refractivity contribution in [1.82, 2.24) is 20.1 Å². The second-order valence-electron chi connectivity index (χ2n) is 8.07. The molecule has 2 N–H and O–H groups in total. The fraction of sp³-hybridized carbons (Fsp3) is 0.192. The highest BCUT2D eigenvalue weighted by Gasteiger charge is 2.51. The van der Waals surface area contributed by atoms with Crippen LogP contribution in [0.4, 0.5) is 0 Å². The fourth-order valence-corrected chi connectivity index (χ4v) is 6.14. The molecule has 1 aromatic heterocycles. The van der Waals surface area contributed by atoms with E-state index in [9.17, 15) is 9.90 Å². The first kappa shape index (κ1) is 21.4. The van der Waals surface area contributed by atoms with Gasteiger partial charge in [0.2, 0.25) is 5.91 Å². The summed E-state index contributed by atoms with van der Waals surface area (Å²) in [5.74, 6) is -0.601. The molecule has 166 valence electrons. The molecule has 1 amide bonds. The predicted octanol–water partition coefficient (Wildman–Crippen LogP) is 3.65. The number of carbonyl (C=O) groups is 1. The first-order valence-corrected chi connectivity index (χ1v) is 11.7. The number of hydrogen-bond donors (Lipinski definition) is 2. The van der Waals surface area contributed by atoms with Gasteiger partial charge in [-0.05, 0) is 16.7 Å². The molecule has 0 radical (unpaired) electrons. The van der Waals surface area contributed by atoms with Crippen molar-refractivity contribution in [2.45, 2.75) is 16.2 Å². The Labute approximate surface area is 196 Å². The summed E-state index contributed by atoms with van der Waals surface area (Å²) < 4.78 is 0.928. The largest absolute Gasteiger partial charge is 0.384 e. The Kier molecular flexibility index (Phi) is 5.74. The summed E-state index contributed by atoms with van der Waals surface area (Å²) in [4.78, 5) is 16.8. The number of aliphatic hydroxyl groups is 1. The summed E-state index contributed by atoms with van der Waals surface area (Å²) in [6, 6.07) is 30.8. The highest BCUT2D eigenvalue weighted by atomic mass is 32.2. The van der Waals surface area contributed by atoms with Crippen molar-refractivity contribution in [3.63, 3.8) is 0 Å². The van der Waals surface area contributed by atoms with Crippen molar-refractivity contribution >= 4 is 17.7 Å². The fourth-order valence-electron chi connectivity index (χ4n) is 4.34. The third-order valence-electron chi connectivity index (χ3n) is 5.98. The average molecular weight is 457 g/mol. The summed E-state index contributed by atoms with van der Waals surface area (Å²) in [6.45, 7) is 0. The molecule has 0 spiro atoms. The lowest BCUT2D eigenvalue weighted by Crippen LogP contribution is -2.60. The van der Waals surface area contributed by atoms with Crippen molar-refractivity contribution in [2.75, 3.05) is 0 Å². The maximum absolute atomic E-state index is 12.6. The molecule has 1 fully saturated rings. The topological polar surface area (TPSA) is 80.0 Å². The van der Waals surface area contributed by atoms with Crippen molar-refractivity contribution < 1.29 is 9.90 Å². The maximum atomic E-state index is 12.6. The van der Waals surface area contributed by atoms with Gasteiger partial charge in [-0.15, -0.1) is 11.8 Å². The molecule has 3 aromatic carbocycles. The minimum Gasteiger partial charge on any atom is -0.384 e. The van der Waals surface area contributed by atoms with Gasteiger partial charge in [-0.25, -0.2) is 4.98 Å². The van der Waals surface area contributed by atoms with E-state index in [1.165, 1.54) is 11.0 Å². The minimum absolute atomic E-state index is 0.199. The van der Waals surface area contributed by atoms with Gasteiger partial charge in [0, 0.05) is 7.05 Å². The Balaban J connectivity index is 1.61. The van der Waals surface area contributed by atoms with E-state index in [1.807, 2.05) is 54.6 Å². The van der Waals surface area contributed by atoms with Gasteiger partial charge >= 0.3 is 0 Å². The predicted molar refractivity (Wildman–Crippen MR) is 128 cm³/mol. The van der Waals surface area contributed by atoms with Gasteiger partial charge in [-0.1, -0.05) is 91.0 Å². The molecule has 4 aromatic rings. The highest BCUT2D eigenvalue weighted by Crippen LogP contribution is 2.53. The normalized spacial score (nSPS) is 18.9. The van der Waals surface area contributed by atoms with Gasteiger partial charge in [0.15, 0.2) is 5.82 Å². The van der Waals surface area contributed by atoms with Crippen LogP contribution in [-0.4, -0.2) is 31.2 Å². The van der Waals surface area contributed by atoms with E-state index in [0.717, 1.165) is 16.7 Å². The molecular formula is C26H24N4O2S. The van der Waals surface area contributed by atoms with E-state index in [-0.39, 0.29) is 17.1 Å². The molecule has 2 heterocycles. The van der Waals surface area contributed by atoms with Gasteiger partial charge in [-0.3, -0.25) is 9.48 Å². The summed E-state index contributed by atoms with van der Waals surface area (Å²) in [6.07, 6.45) is 0.442. The van der Waals surface area contributed by atoms with Gasteiger partial charge in [0.1, 0.15) is 18.3 Å². The zero-order valence-corrected chi connectivity index (χ0v) is 18.9. The monoisotopic (exact) mass is 456 g/mol. The number of benzene rings is 3. The highest BCUT2D eigenvalue weighted by molar-refractivity contribution is 8.01. The third kappa shape index (κ3) is 3.83. The van der Waals surface area contributed by atoms with Crippen LogP contribution in [0.25, 0.3) is 0 Å². The summed E-state index contributed by atoms with van der Waals surface area (Å²) >= 11 is 1.63. The van der Waals surface area contributed by atoms with E-state index in [4.69, 9.17) is 0 Å². The number of hydrogen-bond acceptors (Lipinski definition) is 5. The third-order valence-corrected chi connectivity index (χ3v) is 7.71. The van der Waals surface area contributed by atoms with E-state index in [2.05, 4.69) is 51.8 Å². The molecule has 3 unspecified atom stereocenters. The zero-order chi connectivity index (χ0) is 22.8. The second kappa shape index (κ2) is 8.84. The summed E-state index contributed by atoms with van der Waals surface area (Å²) in [5.41, 5.74) is 3.29. The Morgan fingerprint density at radius 2 is 1.39 bits per heavy atom. The van der Waals surface area contributed by atoms with Crippen molar-refractivity contribution in [2.24, 2.45) is 13.0 Å². The summed E-state index contributed by atoms with van der Waals surface area (Å²) in [5, 5.41) is 17.9. The lowest BCUT2D eigenvalue weighted by atomic mass is 9.84. The number of aliphatic hydroxyl groups excluding tert-OH is 1. The molecule has 1 saturated heterocycles. The summed E-state index contributed by atoms with van der Waals surface area (Å²) in [7, 11) is 1.74. The zero-order valence-electron chi connectivity index (χ0n) is 18.1. The number of β-lactam (4-membered cyclic amide) rings is 1. The van der Waals surface area contributed by atoms with E-state index >= 15 is 0 Å². The molecule has 1 aliphatic heterocycles. The smallest absolute Gasteiger partial charge is 0.230 e. The Morgan fingerprint density at radius 1 is 0.909 bits per heavy atom. The van der Waals surface area contributed by atoms with Crippen LogP contribution in [0, 0.1) is 5.92 Å². The molecule has 3 atom stereocenters. The maximum Gasteiger partial charge on any atom is 0.230 e. The number of amides is 1. The van der Waals surface area contributed by atoms with Gasteiger partial charge in [0.25, 0.3) is 0 Å². The molecule has 5 rings (SSSR count). The SMILES string of the molecule is Cn1cnc(C(O)C2C(=O)NC2SC(c2ccccc2)(c2ccccc2)c2ccccc2)n1. The number of thioether (sulfide) groups is 1. The lowest BCUT2D eigenvalue weighted by Gasteiger charge is -2.45. The van der Waals surface area contributed by atoms with Crippen LogP contribution in [0.5, 0.6) is 0 Å². The van der Waals surface area contributed by atoms with Crippen LogP contribution in [-0.2, 0) is 16.6 Å². The van der Waals surface area contributed by atoms with E-state index in [1.54, 1.807) is 18.8 Å². The van der Waals surface area contributed by atoms with Crippen LogP contribution < -0.4 is 5.32 Å². The molecule has 0 saturated carbocycles. The number of nitrogens with one attached hydrogen (secondary N) is 1. The molecular weight excluding hydrogens is 432 g/mol. The molecule has 6 nitrogen and oxygen atoms in total. The lowest BCUT2D eigenvalue weighted by molar-refractivity contribution is -0.138. The Hall–Kier alpha value is -3.42. The molecule has 7 heteroatoms. The Bertz CT molecular complexity index is 1130. The number of nitrogens with zero attached hydrogens (tertiary/aromatic N) is 3. The quantitative estimate of drug-likeness (QED) is 0.328. The number of aryl methyl sites for hydroxylation is 1. The van der Waals surface area contributed by atoms with Crippen LogP contribution in [0.15, 0.2) is 97.3 Å².